The predicted molar refractivity (Wildman–Crippen MR) is 65.9 cm³/mol. The van der Waals surface area contributed by atoms with Crippen LogP contribution in [0.4, 0.5) is 0 Å². The van der Waals surface area contributed by atoms with E-state index in [9.17, 15) is 15.3 Å². The summed E-state index contributed by atoms with van der Waals surface area (Å²) in [6.45, 7) is 2.35. The highest BCUT2D eigenvalue weighted by Crippen LogP contribution is 2.19. The molecule has 1 fully saturated rings. The van der Waals surface area contributed by atoms with Crippen molar-refractivity contribution >= 4 is 0 Å². The minimum Gasteiger partial charge on any atom is -0.394 e. The predicted octanol–water partition coefficient (Wildman–Crippen LogP) is -1.04. The fourth-order valence-electron chi connectivity index (χ4n) is 2.14. The third-order valence-corrected chi connectivity index (χ3v) is 3.31. The van der Waals surface area contributed by atoms with Gasteiger partial charge in [-0.3, -0.25) is 0 Å². The lowest BCUT2D eigenvalue weighted by molar-refractivity contribution is -0.254. The first kappa shape index (κ1) is 15.8. The molecular weight excluding hydrogens is 238 g/mol. The van der Waals surface area contributed by atoms with Gasteiger partial charge in [0.2, 0.25) is 0 Å². The summed E-state index contributed by atoms with van der Waals surface area (Å²) in [5.41, 5.74) is 0. The first-order chi connectivity index (χ1) is 8.61. The first-order valence-electron chi connectivity index (χ1n) is 6.65. The molecule has 0 spiro atoms. The van der Waals surface area contributed by atoms with E-state index in [1.807, 2.05) is 0 Å². The van der Waals surface area contributed by atoms with Crippen molar-refractivity contribution in [2.75, 3.05) is 13.2 Å². The van der Waals surface area contributed by atoms with E-state index in [1.165, 1.54) is 0 Å². The number of unbranched alkanes of at least 4 members (excludes halogenated alkanes) is 3. The molecule has 0 amide bonds. The zero-order chi connectivity index (χ0) is 13.5. The number of rotatable bonds is 7. The second kappa shape index (κ2) is 8.04. The lowest BCUT2D eigenvalue weighted by Gasteiger charge is -2.40. The van der Waals surface area contributed by atoms with Crippen LogP contribution in [0.1, 0.15) is 32.6 Å². The van der Waals surface area contributed by atoms with E-state index in [0.29, 0.717) is 6.54 Å². The molecule has 0 unspecified atom stereocenters. The Morgan fingerprint density at radius 1 is 1.06 bits per heavy atom. The van der Waals surface area contributed by atoms with Crippen molar-refractivity contribution < 1.29 is 25.2 Å². The summed E-state index contributed by atoms with van der Waals surface area (Å²) < 4.78 is 5.04. The Bertz CT molecular complexity index is 229. The Morgan fingerprint density at radius 2 is 1.78 bits per heavy atom. The summed E-state index contributed by atoms with van der Waals surface area (Å²) in [5, 5.41) is 41.1. The Hall–Kier alpha value is -0.240. The zero-order valence-electron chi connectivity index (χ0n) is 10.8. The molecule has 108 valence electrons. The molecule has 0 aromatic rings. The molecule has 0 aromatic heterocycles. The van der Waals surface area contributed by atoms with Crippen molar-refractivity contribution in [3.8, 4) is 0 Å². The van der Waals surface area contributed by atoms with Gasteiger partial charge in [0.1, 0.15) is 18.3 Å². The minimum atomic E-state index is -1.22. The van der Waals surface area contributed by atoms with E-state index in [1.54, 1.807) is 0 Å². The molecule has 0 radical (unpaired) electrons. The van der Waals surface area contributed by atoms with Crippen LogP contribution in [0.25, 0.3) is 0 Å². The smallest absolute Gasteiger partial charge is 0.173 e. The van der Waals surface area contributed by atoms with E-state index in [-0.39, 0.29) is 0 Å². The number of ether oxygens (including phenoxy) is 1. The first-order valence-corrected chi connectivity index (χ1v) is 6.65. The quantitative estimate of drug-likeness (QED) is 0.376. The topological polar surface area (TPSA) is 102 Å². The van der Waals surface area contributed by atoms with Crippen molar-refractivity contribution in [2.45, 2.75) is 63.3 Å². The normalized spacial score (nSPS) is 36.8. The minimum absolute atomic E-state index is 0.432. The monoisotopic (exact) mass is 263 g/mol. The molecule has 18 heavy (non-hydrogen) atoms. The van der Waals surface area contributed by atoms with Gasteiger partial charge >= 0.3 is 0 Å². The Balaban J connectivity index is 2.35. The molecule has 1 heterocycles. The molecule has 1 aliphatic rings. The highest BCUT2D eigenvalue weighted by atomic mass is 16.6. The molecular formula is C12H25NO5. The number of aliphatic hydroxyl groups is 4. The lowest BCUT2D eigenvalue weighted by atomic mass is 9.97. The fourth-order valence-corrected chi connectivity index (χ4v) is 2.14. The van der Waals surface area contributed by atoms with Crippen LogP contribution < -0.4 is 5.32 Å². The molecule has 0 saturated carbocycles. The summed E-state index contributed by atoms with van der Waals surface area (Å²) in [6.07, 6.45) is -0.143. The summed E-state index contributed by atoms with van der Waals surface area (Å²) >= 11 is 0. The number of aliphatic hydroxyl groups excluding tert-OH is 4. The number of hydrogen-bond acceptors (Lipinski definition) is 6. The van der Waals surface area contributed by atoms with Crippen molar-refractivity contribution in [3.05, 3.63) is 0 Å². The van der Waals surface area contributed by atoms with Crippen LogP contribution in [0.5, 0.6) is 0 Å². The van der Waals surface area contributed by atoms with Crippen LogP contribution in [0, 0.1) is 0 Å². The van der Waals surface area contributed by atoms with Crippen molar-refractivity contribution in [3.63, 3.8) is 0 Å². The van der Waals surface area contributed by atoms with Crippen molar-refractivity contribution in [1.82, 2.24) is 5.32 Å². The summed E-state index contributed by atoms with van der Waals surface area (Å²) in [4.78, 5) is 0. The molecule has 5 atom stereocenters. The van der Waals surface area contributed by atoms with Gasteiger partial charge < -0.3 is 30.5 Å². The molecule has 5 N–H and O–H groups in total. The Kier molecular flexibility index (Phi) is 7.06. The highest BCUT2D eigenvalue weighted by Gasteiger charge is 2.43. The van der Waals surface area contributed by atoms with E-state index in [4.69, 9.17) is 9.84 Å². The van der Waals surface area contributed by atoms with Crippen molar-refractivity contribution in [2.24, 2.45) is 0 Å². The number of nitrogens with one attached hydrogen (secondary N) is 1. The fraction of sp³-hybridized carbons (Fsp3) is 1.00. The third kappa shape index (κ3) is 4.15. The highest BCUT2D eigenvalue weighted by molar-refractivity contribution is 4.92. The summed E-state index contributed by atoms with van der Waals surface area (Å²) in [6, 6.07) is -0.718. The summed E-state index contributed by atoms with van der Waals surface area (Å²) in [5.74, 6) is 0. The van der Waals surface area contributed by atoms with Gasteiger partial charge in [0.25, 0.3) is 0 Å². The molecule has 0 bridgehead atoms. The molecule has 6 heteroatoms. The van der Waals surface area contributed by atoms with Gasteiger partial charge in [0.05, 0.1) is 12.6 Å². The molecule has 1 rings (SSSR count). The van der Waals surface area contributed by atoms with E-state index in [2.05, 4.69) is 12.2 Å². The van der Waals surface area contributed by atoms with Gasteiger partial charge in [-0.25, -0.2) is 0 Å². The van der Waals surface area contributed by atoms with Gasteiger partial charge in [0.15, 0.2) is 6.29 Å². The Labute approximate surface area is 108 Å². The molecule has 0 aromatic carbocycles. The largest absolute Gasteiger partial charge is 0.394 e. The lowest BCUT2D eigenvalue weighted by Crippen LogP contribution is -2.63. The average molecular weight is 263 g/mol. The maximum Gasteiger partial charge on any atom is 0.173 e. The second-order valence-electron chi connectivity index (χ2n) is 4.77. The summed E-state index contributed by atoms with van der Waals surface area (Å²) in [7, 11) is 0. The van der Waals surface area contributed by atoms with Gasteiger partial charge in [0, 0.05) is 0 Å². The molecule has 1 saturated heterocycles. The standard InChI is InChI=1S/C12H25NO5/c1-2-3-4-5-6-13-9-11(16)10(15)8(7-14)18-12(9)17/h8-17H,2-7H2,1H3/t8-,9-,10-,11-,12+/m1/s1. The maximum atomic E-state index is 9.85. The van der Waals surface area contributed by atoms with Gasteiger partial charge in [-0.15, -0.1) is 0 Å². The maximum absolute atomic E-state index is 9.85. The molecule has 6 nitrogen and oxygen atoms in total. The zero-order valence-corrected chi connectivity index (χ0v) is 10.8. The van der Waals surface area contributed by atoms with Crippen LogP contribution in [0.3, 0.4) is 0 Å². The Morgan fingerprint density at radius 3 is 2.39 bits per heavy atom. The van der Waals surface area contributed by atoms with E-state index >= 15 is 0 Å². The van der Waals surface area contributed by atoms with E-state index in [0.717, 1.165) is 25.7 Å². The number of hydrogen-bond donors (Lipinski definition) is 5. The van der Waals surface area contributed by atoms with Crippen LogP contribution in [-0.2, 0) is 4.74 Å². The van der Waals surface area contributed by atoms with Crippen molar-refractivity contribution in [1.29, 1.82) is 0 Å². The van der Waals surface area contributed by atoms with Gasteiger partial charge in [-0.1, -0.05) is 26.2 Å². The van der Waals surface area contributed by atoms with E-state index < -0.39 is 37.3 Å². The van der Waals surface area contributed by atoms with Crippen LogP contribution in [-0.4, -0.2) is 64.2 Å². The SMILES string of the molecule is CCCCCCN[C@@H]1[C@@H](O)[C@H](O)[C@@H](CO)O[C@@H]1O. The van der Waals surface area contributed by atoms with Crippen LogP contribution in [0.2, 0.25) is 0 Å². The molecule has 1 aliphatic heterocycles. The second-order valence-corrected chi connectivity index (χ2v) is 4.77. The average Bonchev–Trinajstić information content (AvgIpc) is 2.37. The third-order valence-electron chi connectivity index (χ3n) is 3.31. The molecule has 0 aliphatic carbocycles. The van der Waals surface area contributed by atoms with Gasteiger partial charge in [-0.2, -0.15) is 0 Å². The van der Waals surface area contributed by atoms with Crippen LogP contribution >= 0.6 is 0 Å². The van der Waals surface area contributed by atoms with Gasteiger partial charge in [-0.05, 0) is 13.0 Å². The van der Waals surface area contributed by atoms with Crippen LogP contribution in [0.15, 0.2) is 0 Å².